The molecule has 4 heterocycles. The van der Waals surface area contributed by atoms with Crippen molar-refractivity contribution in [3.05, 3.63) is 11.6 Å². The van der Waals surface area contributed by atoms with Gasteiger partial charge in [0.15, 0.2) is 31.3 Å². The highest BCUT2D eigenvalue weighted by Gasteiger charge is 2.73. The maximum absolute atomic E-state index is 13.1. The summed E-state index contributed by atoms with van der Waals surface area (Å²) in [5.41, 5.74) is -2.39. The van der Waals surface area contributed by atoms with Gasteiger partial charge in [-0.1, -0.05) is 60.1 Å². The van der Waals surface area contributed by atoms with Crippen LogP contribution in [-0.4, -0.2) is 244 Å². The zero-order valence-corrected chi connectivity index (χ0v) is 45.7. The molecule has 30 atom stereocenters. The number of hydrogen-bond donors (Lipinski definition) is 15. The molecule has 24 heteroatoms. The first-order valence-electron chi connectivity index (χ1n) is 27.9. The normalized spacial score (nSPS) is 54.9. The van der Waals surface area contributed by atoms with Gasteiger partial charge in [0.2, 0.25) is 0 Å². The third-order valence-electron chi connectivity index (χ3n) is 21.6. The molecule has 9 aliphatic rings. The lowest BCUT2D eigenvalue weighted by Gasteiger charge is -2.73. The van der Waals surface area contributed by atoms with Crippen molar-refractivity contribution in [3.8, 4) is 0 Å². The first-order valence-corrected chi connectivity index (χ1v) is 27.9. The molecule has 15 N–H and O–H groups in total. The lowest BCUT2D eigenvalue weighted by Crippen LogP contribution is -2.72. The first-order chi connectivity index (χ1) is 36.4. The van der Waals surface area contributed by atoms with Crippen LogP contribution in [0, 0.1) is 50.2 Å². The molecule has 448 valence electrons. The van der Waals surface area contributed by atoms with Crippen molar-refractivity contribution in [1.82, 2.24) is 0 Å². The minimum absolute atomic E-state index is 0.0192. The largest absolute Gasteiger partial charge is 0.479 e. The van der Waals surface area contributed by atoms with E-state index in [2.05, 4.69) is 40.7 Å². The maximum Gasteiger partial charge on any atom is 0.335 e. The zero-order valence-electron chi connectivity index (χ0n) is 45.7. The number of ether oxygens (including phenoxy) is 8. The fourth-order valence-corrected chi connectivity index (χ4v) is 16.7. The van der Waals surface area contributed by atoms with Crippen LogP contribution in [0.3, 0.4) is 0 Å². The average Bonchev–Trinajstić information content (AvgIpc) is 3.57. The van der Waals surface area contributed by atoms with Crippen molar-refractivity contribution < 1.29 is 119 Å². The summed E-state index contributed by atoms with van der Waals surface area (Å²) in [6.07, 6.45) is -33.4. The van der Waals surface area contributed by atoms with E-state index in [4.69, 9.17) is 37.9 Å². The van der Waals surface area contributed by atoms with E-state index in [9.17, 15) is 81.4 Å². The number of aliphatic hydroxyl groups is 14. The Balaban J connectivity index is 1.05. The standard InChI is InChI=1S/C54H88O24/c1-21-29(58)32(61)35(64)45(71-21)77-40-34(63)31(60)25(19-56)73-47(40)75-38-37(66)39(44(69)70)76-48(41(38)78-46-36(65)33(62)30(59)24(18-55)72-46)74-28-12-13-51(6)26(50(28,4)5)11-14-52(7)27(51)10-9-22-23-17-49(2,3)15-16-54(23,20-57)43(68)42(67)53(22,52)8/h9,21,23-43,45-48,55-68H,10-20H2,1-8H3,(H,69,70)/t21-,23-,24+,25+,26-,27+,28-,29-,30+,31-,32+,33-,34-,35+,36+,37-,38-,39-,40+,41+,42-,43+,45-,46-,47-,48+,51-,52+,53-,54+/m0/s1. The summed E-state index contributed by atoms with van der Waals surface area (Å²) in [5.74, 6) is -1.97. The number of fused-ring (bicyclic) bond motifs is 7. The molecule has 8 fully saturated rings. The highest BCUT2D eigenvalue weighted by molar-refractivity contribution is 5.73. The second-order valence-electron chi connectivity index (χ2n) is 26.5. The van der Waals surface area contributed by atoms with Crippen LogP contribution in [0.2, 0.25) is 0 Å². The van der Waals surface area contributed by atoms with Gasteiger partial charge in [0.1, 0.15) is 85.5 Å². The lowest BCUT2D eigenvalue weighted by molar-refractivity contribution is -0.406. The van der Waals surface area contributed by atoms with Crippen LogP contribution < -0.4 is 0 Å². The van der Waals surface area contributed by atoms with Crippen LogP contribution in [0.4, 0.5) is 0 Å². The Bertz CT molecular complexity index is 2170. The quantitative estimate of drug-likeness (QED) is 0.0709. The third-order valence-corrected chi connectivity index (χ3v) is 21.6. The highest BCUT2D eigenvalue weighted by Crippen LogP contribution is 2.76. The second kappa shape index (κ2) is 21.8. The predicted octanol–water partition coefficient (Wildman–Crippen LogP) is -2.50. The van der Waals surface area contributed by atoms with Gasteiger partial charge in [-0.2, -0.15) is 0 Å². The van der Waals surface area contributed by atoms with Crippen molar-refractivity contribution >= 4 is 5.97 Å². The minimum Gasteiger partial charge on any atom is -0.479 e. The zero-order chi connectivity index (χ0) is 57.3. The van der Waals surface area contributed by atoms with E-state index in [0.29, 0.717) is 38.5 Å². The number of carbonyl (C=O) groups is 1. The van der Waals surface area contributed by atoms with E-state index in [0.717, 1.165) is 18.4 Å². The smallest absolute Gasteiger partial charge is 0.335 e. The summed E-state index contributed by atoms with van der Waals surface area (Å²) in [6, 6.07) is 0. The molecule has 4 aliphatic heterocycles. The fraction of sp³-hybridized carbons (Fsp3) is 0.944. The van der Waals surface area contributed by atoms with Crippen LogP contribution in [0.5, 0.6) is 0 Å². The molecular weight excluding hydrogens is 1030 g/mol. The molecule has 0 amide bonds. The summed E-state index contributed by atoms with van der Waals surface area (Å²) >= 11 is 0. The molecule has 4 saturated carbocycles. The van der Waals surface area contributed by atoms with E-state index >= 15 is 0 Å². The molecule has 0 aromatic carbocycles. The van der Waals surface area contributed by atoms with E-state index in [1.54, 1.807) is 0 Å². The fourth-order valence-electron chi connectivity index (χ4n) is 16.7. The van der Waals surface area contributed by atoms with Gasteiger partial charge in [-0.3, -0.25) is 0 Å². The Labute approximate surface area is 453 Å². The van der Waals surface area contributed by atoms with Gasteiger partial charge in [-0.25, -0.2) is 4.79 Å². The molecule has 24 nitrogen and oxygen atoms in total. The molecule has 0 spiro atoms. The van der Waals surface area contributed by atoms with Gasteiger partial charge < -0.3 is 114 Å². The number of hydrogen-bond acceptors (Lipinski definition) is 23. The molecule has 0 aromatic heterocycles. The molecule has 5 aliphatic carbocycles. The van der Waals surface area contributed by atoms with E-state index in [1.807, 2.05) is 13.8 Å². The minimum atomic E-state index is -2.26. The van der Waals surface area contributed by atoms with Gasteiger partial charge in [0, 0.05) is 10.8 Å². The van der Waals surface area contributed by atoms with E-state index < -0.39 is 187 Å². The Morgan fingerprint density at radius 2 is 1.14 bits per heavy atom. The number of aliphatic carboxylic acids is 1. The molecule has 9 rings (SSSR count). The van der Waals surface area contributed by atoms with Crippen LogP contribution in [-0.2, 0) is 42.7 Å². The van der Waals surface area contributed by atoms with E-state index in [1.165, 1.54) is 6.92 Å². The Hall–Kier alpha value is -1.67. The number of carboxylic acids is 1. The Morgan fingerprint density at radius 1 is 0.577 bits per heavy atom. The van der Waals surface area contributed by atoms with Gasteiger partial charge >= 0.3 is 5.97 Å². The molecule has 0 unspecified atom stereocenters. The SMILES string of the molecule is C[C@@H]1O[C@@H](O[C@H]2[C@H](O[C@H]3[C@H](O)[C@@H](C(=O)O)O[C@@H](O[C@H]4CC[C@]5(C)[C@H]6CC=C7[C@@H]8CC(C)(C)CC[C@]8(CO)[C@H](O)[C@H](O)[C@@]7(C)[C@]6(C)CC[C@H]5C4(C)C)[C@@H]3O[C@@H]3O[C@H](CO)[C@@H](O)[C@H](O)[C@H]3O)O[C@H](CO)[C@H](O)[C@@H]2O)[C@H](O)[C@H](O)[C@H]1O. The molecule has 0 aromatic rings. The molecule has 0 bridgehead atoms. The van der Waals surface area contributed by atoms with Crippen molar-refractivity contribution in [2.45, 2.75) is 248 Å². The van der Waals surface area contributed by atoms with Crippen molar-refractivity contribution in [2.75, 3.05) is 19.8 Å². The van der Waals surface area contributed by atoms with Crippen LogP contribution in [0.15, 0.2) is 11.6 Å². The summed E-state index contributed by atoms with van der Waals surface area (Å²) in [6.45, 7) is 14.4. The predicted molar refractivity (Wildman–Crippen MR) is 265 cm³/mol. The number of carboxylic acid groups (broad SMARTS) is 1. The summed E-state index contributed by atoms with van der Waals surface area (Å²) < 4.78 is 48.9. The highest BCUT2D eigenvalue weighted by atomic mass is 16.8. The molecule has 0 radical (unpaired) electrons. The van der Waals surface area contributed by atoms with Crippen LogP contribution in [0.25, 0.3) is 0 Å². The Kier molecular flexibility index (Phi) is 17.0. The van der Waals surface area contributed by atoms with Crippen LogP contribution >= 0.6 is 0 Å². The first kappa shape index (κ1) is 60.9. The van der Waals surface area contributed by atoms with Crippen LogP contribution in [0.1, 0.15) is 107 Å². The summed E-state index contributed by atoms with van der Waals surface area (Å²) in [5, 5.41) is 166. The van der Waals surface area contributed by atoms with Crippen molar-refractivity contribution in [2.24, 2.45) is 50.2 Å². The van der Waals surface area contributed by atoms with Gasteiger partial charge in [-0.15, -0.1) is 0 Å². The second-order valence-corrected chi connectivity index (χ2v) is 26.5. The van der Waals surface area contributed by atoms with Gasteiger partial charge in [0.25, 0.3) is 0 Å². The maximum atomic E-state index is 13.1. The van der Waals surface area contributed by atoms with Gasteiger partial charge in [-0.05, 0) is 97.7 Å². The summed E-state index contributed by atoms with van der Waals surface area (Å²) in [7, 11) is 0. The molecular formula is C54H88O24. The van der Waals surface area contributed by atoms with Crippen molar-refractivity contribution in [3.63, 3.8) is 0 Å². The van der Waals surface area contributed by atoms with Gasteiger partial charge in [0.05, 0.1) is 44.2 Å². The summed E-state index contributed by atoms with van der Waals surface area (Å²) in [4.78, 5) is 13.1. The third kappa shape index (κ3) is 9.48. The number of aliphatic hydroxyl groups excluding tert-OH is 14. The van der Waals surface area contributed by atoms with Crippen molar-refractivity contribution in [1.29, 1.82) is 0 Å². The Morgan fingerprint density at radius 3 is 1.76 bits per heavy atom. The number of allylic oxidation sites excluding steroid dienone is 1. The molecule has 78 heavy (non-hydrogen) atoms. The van der Waals surface area contributed by atoms with E-state index in [-0.39, 0.29) is 29.8 Å². The molecule has 4 saturated heterocycles. The lowest BCUT2D eigenvalue weighted by atomic mass is 9.32. The number of rotatable bonds is 12. The monoisotopic (exact) mass is 1120 g/mol. The topological polar surface area (TPSA) is 394 Å². The average molecular weight is 1120 g/mol.